The Morgan fingerprint density at radius 2 is 2.00 bits per heavy atom. The highest BCUT2D eigenvalue weighted by molar-refractivity contribution is 5.79. The lowest BCUT2D eigenvalue weighted by atomic mass is 9.94. The third kappa shape index (κ3) is 4.43. The number of esters is 1. The maximum Gasteiger partial charge on any atom is 0.325 e. The molecule has 0 aromatic carbocycles. The van der Waals surface area contributed by atoms with Gasteiger partial charge in [-0.05, 0) is 71.4 Å². The minimum absolute atomic E-state index is 0.265. The molecule has 1 saturated carbocycles. The number of likely N-dealkylation sites (tertiary alicyclic amines) is 1. The van der Waals surface area contributed by atoms with Crippen LogP contribution in [0.5, 0.6) is 0 Å². The van der Waals surface area contributed by atoms with Crippen molar-refractivity contribution in [1.82, 2.24) is 4.90 Å². The summed E-state index contributed by atoms with van der Waals surface area (Å²) in [5, 5.41) is 0. The lowest BCUT2D eigenvalue weighted by Gasteiger charge is -2.30. The van der Waals surface area contributed by atoms with E-state index in [4.69, 9.17) is 10.5 Å². The number of carbonyl (C=O) groups excluding carboxylic acids is 1. The summed E-state index contributed by atoms with van der Waals surface area (Å²) in [4.78, 5) is 14.5. The van der Waals surface area contributed by atoms with Crippen molar-refractivity contribution in [1.29, 1.82) is 0 Å². The van der Waals surface area contributed by atoms with Crippen LogP contribution in [0, 0.1) is 5.92 Å². The van der Waals surface area contributed by atoms with Crippen LogP contribution in [-0.4, -0.2) is 42.1 Å². The van der Waals surface area contributed by atoms with E-state index in [0.29, 0.717) is 13.0 Å². The zero-order chi connectivity index (χ0) is 15.3. The van der Waals surface area contributed by atoms with Crippen LogP contribution < -0.4 is 5.73 Å². The number of rotatable bonds is 7. The molecule has 0 bridgehead atoms. The van der Waals surface area contributed by atoms with Crippen molar-refractivity contribution in [3.8, 4) is 0 Å². The lowest BCUT2D eigenvalue weighted by Crippen LogP contribution is -2.47. The van der Waals surface area contributed by atoms with Crippen LogP contribution in [0.15, 0.2) is 0 Å². The Balaban J connectivity index is 1.75. The van der Waals surface area contributed by atoms with E-state index in [2.05, 4.69) is 4.90 Å². The number of nitrogens with two attached hydrogens (primary N) is 1. The minimum atomic E-state index is -0.835. The van der Waals surface area contributed by atoms with Gasteiger partial charge in [-0.1, -0.05) is 12.8 Å². The largest absolute Gasteiger partial charge is 0.465 e. The third-order valence-corrected chi connectivity index (χ3v) is 5.24. The molecule has 1 saturated heterocycles. The van der Waals surface area contributed by atoms with E-state index < -0.39 is 5.54 Å². The Morgan fingerprint density at radius 1 is 1.29 bits per heavy atom. The smallest absolute Gasteiger partial charge is 0.325 e. The highest BCUT2D eigenvalue weighted by atomic mass is 16.5. The Bertz CT molecular complexity index is 338. The average Bonchev–Trinajstić information content (AvgIpc) is 3.08. The molecule has 2 fully saturated rings. The van der Waals surface area contributed by atoms with Crippen molar-refractivity contribution >= 4 is 5.97 Å². The Hall–Kier alpha value is -0.610. The quantitative estimate of drug-likeness (QED) is 0.734. The number of ether oxygens (including phenoxy) is 1. The van der Waals surface area contributed by atoms with Crippen LogP contribution >= 0.6 is 0 Å². The normalized spacial score (nSPS) is 26.9. The van der Waals surface area contributed by atoms with E-state index in [9.17, 15) is 4.79 Å². The first kappa shape index (κ1) is 16.8. The summed E-state index contributed by atoms with van der Waals surface area (Å²) >= 11 is 0. The Labute approximate surface area is 129 Å². The van der Waals surface area contributed by atoms with Crippen molar-refractivity contribution in [2.75, 3.05) is 19.7 Å². The molecule has 4 nitrogen and oxygen atoms in total. The van der Waals surface area contributed by atoms with Gasteiger partial charge in [0.05, 0.1) is 6.61 Å². The molecule has 0 aromatic heterocycles. The fraction of sp³-hybridized carbons (Fsp3) is 0.941. The fourth-order valence-electron chi connectivity index (χ4n) is 4.05. The predicted molar refractivity (Wildman–Crippen MR) is 85.0 cm³/mol. The van der Waals surface area contributed by atoms with Crippen LogP contribution in [0.3, 0.4) is 0 Å². The summed E-state index contributed by atoms with van der Waals surface area (Å²) in [7, 11) is 0. The molecule has 0 aromatic rings. The van der Waals surface area contributed by atoms with Crippen LogP contribution in [0.25, 0.3) is 0 Å². The second-order valence-electron chi connectivity index (χ2n) is 7.03. The number of hydrogen-bond acceptors (Lipinski definition) is 4. The molecule has 4 heteroatoms. The van der Waals surface area contributed by atoms with Crippen molar-refractivity contribution in [3.05, 3.63) is 0 Å². The van der Waals surface area contributed by atoms with Crippen molar-refractivity contribution < 1.29 is 9.53 Å². The van der Waals surface area contributed by atoms with Crippen LogP contribution in [-0.2, 0) is 9.53 Å². The second-order valence-corrected chi connectivity index (χ2v) is 7.03. The van der Waals surface area contributed by atoms with E-state index in [-0.39, 0.29) is 5.97 Å². The molecule has 1 aliphatic heterocycles. The van der Waals surface area contributed by atoms with Gasteiger partial charge < -0.3 is 15.4 Å². The van der Waals surface area contributed by atoms with E-state index in [1.54, 1.807) is 6.92 Å². The number of hydrogen-bond donors (Lipinski definition) is 1. The molecule has 0 amide bonds. The first-order chi connectivity index (χ1) is 10.0. The SMILES string of the molecule is CCOC(=O)C(C)(N)CCCN1CCCC1C1CCCC1. The summed E-state index contributed by atoms with van der Waals surface area (Å²) in [6.07, 6.45) is 10.0. The van der Waals surface area contributed by atoms with Crippen molar-refractivity contribution in [2.45, 2.75) is 76.8 Å². The molecule has 0 radical (unpaired) electrons. The number of carbonyl (C=O) groups is 1. The van der Waals surface area contributed by atoms with Gasteiger partial charge in [-0.15, -0.1) is 0 Å². The molecule has 2 atom stereocenters. The van der Waals surface area contributed by atoms with E-state index >= 15 is 0 Å². The van der Waals surface area contributed by atoms with Crippen molar-refractivity contribution in [2.24, 2.45) is 11.7 Å². The zero-order valence-electron chi connectivity index (χ0n) is 13.8. The molecule has 122 valence electrons. The second kappa shape index (κ2) is 7.59. The molecule has 1 aliphatic carbocycles. The molecule has 1 heterocycles. The van der Waals surface area contributed by atoms with Gasteiger partial charge in [-0.3, -0.25) is 4.79 Å². The predicted octanol–water partition coefficient (Wildman–Crippen LogP) is 2.70. The lowest BCUT2D eigenvalue weighted by molar-refractivity contribution is -0.149. The van der Waals surface area contributed by atoms with Gasteiger partial charge in [0.2, 0.25) is 0 Å². The van der Waals surface area contributed by atoms with Gasteiger partial charge in [0.1, 0.15) is 5.54 Å². The highest BCUT2D eigenvalue weighted by Crippen LogP contribution is 2.35. The molecule has 2 rings (SSSR count). The van der Waals surface area contributed by atoms with Gasteiger partial charge in [0.15, 0.2) is 0 Å². The molecular weight excluding hydrogens is 264 g/mol. The maximum absolute atomic E-state index is 11.8. The zero-order valence-corrected chi connectivity index (χ0v) is 13.8. The van der Waals surface area contributed by atoms with Crippen molar-refractivity contribution in [3.63, 3.8) is 0 Å². The van der Waals surface area contributed by atoms with Crippen LogP contribution in [0.1, 0.15) is 65.2 Å². The molecule has 2 unspecified atom stereocenters. The Kier molecular flexibility index (Phi) is 6.06. The molecule has 2 N–H and O–H groups in total. The van der Waals surface area contributed by atoms with Gasteiger partial charge in [0.25, 0.3) is 0 Å². The van der Waals surface area contributed by atoms with Gasteiger partial charge in [-0.2, -0.15) is 0 Å². The molecule has 2 aliphatic rings. The van der Waals surface area contributed by atoms with Crippen LogP contribution in [0.4, 0.5) is 0 Å². The van der Waals surface area contributed by atoms with E-state index in [0.717, 1.165) is 24.9 Å². The van der Waals surface area contributed by atoms with Gasteiger partial charge >= 0.3 is 5.97 Å². The summed E-state index contributed by atoms with van der Waals surface area (Å²) in [5.41, 5.74) is 5.26. The average molecular weight is 296 g/mol. The van der Waals surface area contributed by atoms with E-state index in [1.165, 1.54) is 45.1 Å². The topological polar surface area (TPSA) is 55.6 Å². The molecule has 21 heavy (non-hydrogen) atoms. The summed E-state index contributed by atoms with van der Waals surface area (Å²) in [6, 6.07) is 0.791. The Morgan fingerprint density at radius 3 is 2.67 bits per heavy atom. The maximum atomic E-state index is 11.8. The summed E-state index contributed by atoms with van der Waals surface area (Å²) in [6.45, 7) is 6.32. The summed E-state index contributed by atoms with van der Waals surface area (Å²) < 4.78 is 5.05. The summed E-state index contributed by atoms with van der Waals surface area (Å²) in [5.74, 6) is 0.653. The molecular formula is C17H32N2O2. The standard InChI is InChI=1S/C17H32N2O2/c1-3-21-16(20)17(2,18)11-7-13-19-12-6-10-15(19)14-8-4-5-9-14/h14-15H,3-13,18H2,1-2H3. The first-order valence-corrected chi connectivity index (χ1v) is 8.74. The first-order valence-electron chi connectivity index (χ1n) is 8.74. The van der Waals surface area contributed by atoms with E-state index in [1.807, 2.05) is 6.92 Å². The van der Waals surface area contributed by atoms with Gasteiger partial charge in [0, 0.05) is 6.04 Å². The highest BCUT2D eigenvalue weighted by Gasteiger charge is 2.34. The fourth-order valence-corrected chi connectivity index (χ4v) is 4.05. The molecule has 0 spiro atoms. The minimum Gasteiger partial charge on any atom is -0.465 e. The third-order valence-electron chi connectivity index (χ3n) is 5.24. The van der Waals surface area contributed by atoms with Crippen LogP contribution in [0.2, 0.25) is 0 Å². The monoisotopic (exact) mass is 296 g/mol. The van der Waals surface area contributed by atoms with Gasteiger partial charge in [-0.25, -0.2) is 0 Å². The number of nitrogens with zero attached hydrogens (tertiary/aromatic N) is 1.